The lowest BCUT2D eigenvalue weighted by molar-refractivity contribution is -0.124. The molecule has 28 heavy (non-hydrogen) atoms. The normalized spacial score (nSPS) is 13.7. The van der Waals surface area contributed by atoms with Crippen LogP contribution in [0, 0.1) is 0 Å². The second-order valence-corrected chi connectivity index (χ2v) is 6.85. The molecular formula is C24H21NO3. The van der Waals surface area contributed by atoms with E-state index in [2.05, 4.69) is 6.07 Å². The molecule has 3 aromatic rings. The molecule has 0 fully saturated rings. The van der Waals surface area contributed by atoms with Crippen molar-refractivity contribution in [2.75, 3.05) is 11.4 Å². The van der Waals surface area contributed by atoms with Gasteiger partial charge in [-0.3, -0.25) is 9.59 Å². The van der Waals surface area contributed by atoms with Gasteiger partial charge >= 0.3 is 0 Å². The number of rotatable bonds is 5. The Morgan fingerprint density at radius 3 is 2.25 bits per heavy atom. The van der Waals surface area contributed by atoms with Gasteiger partial charge in [0.25, 0.3) is 5.91 Å². The predicted molar refractivity (Wildman–Crippen MR) is 109 cm³/mol. The van der Waals surface area contributed by atoms with Crippen molar-refractivity contribution < 1.29 is 14.3 Å². The fourth-order valence-electron chi connectivity index (χ4n) is 3.48. The molecule has 4 heteroatoms. The third-order valence-electron chi connectivity index (χ3n) is 4.97. The number of hydrogen-bond acceptors (Lipinski definition) is 3. The maximum Gasteiger partial charge on any atom is 0.267 e. The number of nitrogens with zero attached hydrogens (tertiary/aromatic N) is 1. The Balaban J connectivity index is 1.43. The molecule has 1 amide bonds. The van der Waals surface area contributed by atoms with Gasteiger partial charge in [-0.25, -0.2) is 0 Å². The van der Waals surface area contributed by atoms with Crippen molar-refractivity contribution in [2.24, 2.45) is 0 Å². The van der Waals surface area contributed by atoms with E-state index in [-0.39, 0.29) is 11.7 Å². The second-order valence-electron chi connectivity index (χ2n) is 6.85. The Morgan fingerprint density at radius 2 is 1.50 bits per heavy atom. The molecule has 4 nitrogen and oxygen atoms in total. The standard InChI is InChI=1S/C24H21NO3/c1-17(24(27)25-16-15-18-7-5-6-10-22(18)25)28-21-13-11-20(12-14-21)23(26)19-8-3-2-4-9-19/h2-14,17H,15-16H2,1H3. The van der Waals surface area contributed by atoms with E-state index in [0.29, 0.717) is 23.4 Å². The zero-order valence-corrected chi connectivity index (χ0v) is 15.7. The molecular weight excluding hydrogens is 350 g/mol. The van der Waals surface area contributed by atoms with Crippen LogP contribution in [0.15, 0.2) is 78.9 Å². The van der Waals surface area contributed by atoms with Crippen molar-refractivity contribution in [3.8, 4) is 5.75 Å². The molecule has 4 rings (SSSR count). The van der Waals surface area contributed by atoms with Crippen molar-refractivity contribution in [3.05, 3.63) is 95.6 Å². The first-order valence-electron chi connectivity index (χ1n) is 9.39. The van der Waals surface area contributed by atoms with E-state index in [1.807, 2.05) is 36.4 Å². The largest absolute Gasteiger partial charge is 0.481 e. The van der Waals surface area contributed by atoms with Gasteiger partial charge in [-0.05, 0) is 49.2 Å². The van der Waals surface area contributed by atoms with E-state index in [4.69, 9.17) is 4.74 Å². The summed E-state index contributed by atoms with van der Waals surface area (Å²) in [6, 6.07) is 24.0. The summed E-state index contributed by atoms with van der Waals surface area (Å²) in [6.07, 6.45) is 0.257. The van der Waals surface area contributed by atoms with Crippen LogP contribution in [0.5, 0.6) is 5.75 Å². The molecule has 1 aliphatic rings. The number of ketones is 1. The van der Waals surface area contributed by atoms with Gasteiger partial charge in [-0.2, -0.15) is 0 Å². The van der Waals surface area contributed by atoms with E-state index >= 15 is 0 Å². The molecule has 0 aromatic heterocycles. The summed E-state index contributed by atoms with van der Waals surface area (Å²) in [5.41, 5.74) is 3.39. The van der Waals surface area contributed by atoms with E-state index in [1.54, 1.807) is 48.2 Å². The minimum Gasteiger partial charge on any atom is -0.481 e. The zero-order chi connectivity index (χ0) is 19.5. The first-order valence-corrected chi connectivity index (χ1v) is 9.39. The number of ether oxygens (including phenoxy) is 1. The van der Waals surface area contributed by atoms with E-state index in [1.165, 1.54) is 5.56 Å². The van der Waals surface area contributed by atoms with Gasteiger partial charge in [0.1, 0.15) is 5.75 Å². The van der Waals surface area contributed by atoms with E-state index in [0.717, 1.165) is 12.1 Å². The molecule has 0 spiro atoms. The number of anilines is 1. The minimum atomic E-state index is -0.609. The van der Waals surface area contributed by atoms with Gasteiger partial charge in [0.15, 0.2) is 11.9 Å². The summed E-state index contributed by atoms with van der Waals surface area (Å²) in [6.45, 7) is 2.43. The molecule has 1 atom stereocenters. The molecule has 140 valence electrons. The van der Waals surface area contributed by atoms with E-state index < -0.39 is 6.10 Å². The Kier molecular flexibility index (Phi) is 4.94. The molecule has 0 saturated heterocycles. The van der Waals surface area contributed by atoms with Crippen molar-refractivity contribution >= 4 is 17.4 Å². The number of carbonyl (C=O) groups is 2. The SMILES string of the molecule is CC(Oc1ccc(C(=O)c2ccccc2)cc1)C(=O)N1CCc2ccccc21. The van der Waals surface area contributed by atoms with Crippen LogP contribution in [0.25, 0.3) is 0 Å². The van der Waals surface area contributed by atoms with Crippen LogP contribution in [-0.4, -0.2) is 24.3 Å². The fourth-order valence-corrected chi connectivity index (χ4v) is 3.48. The van der Waals surface area contributed by atoms with Crippen LogP contribution >= 0.6 is 0 Å². The molecule has 0 N–H and O–H groups in total. The second kappa shape index (κ2) is 7.69. The Morgan fingerprint density at radius 1 is 0.857 bits per heavy atom. The van der Waals surface area contributed by atoms with Crippen molar-refractivity contribution in [1.82, 2.24) is 0 Å². The summed E-state index contributed by atoms with van der Waals surface area (Å²) in [5.74, 6) is 0.470. The Labute approximate surface area is 164 Å². The molecule has 0 bridgehead atoms. The number of benzene rings is 3. The highest BCUT2D eigenvalue weighted by molar-refractivity contribution is 6.09. The lowest BCUT2D eigenvalue weighted by Crippen LogP contribution is -2.39. The maximum atomic E-state index is 12.8. The van der Waals surface area contributed by atoms with Gasteiger partial charge in [-0.1, -0.05) is 48.5 Å². The molecule has 0 aliphatic carbocycles. The number of carbonyl (C=O) groups excluding carboxylic acids is 2. The third kappa shape index (κ3) is 3.54. The topological polar surface area (TPSA) is 46.6 Å². The molecule has 1 unspecified atom stereocenters. The van der Waals surface area contributed by atoms with Gasteiger partial charge in [-0.15, -0.1) is 0 Å². The van der Waals surface area contributed by atoms with Crippen molar-refractivity contribution in [2.45, 2.75) is 19.4 Å². The zero-order valence-electron chi connectivity index (χ0n) is 15.7. The number of amides is 1. The summed E-state index contributed by atoms with van der Waals surface area (Å²) in [5, 5.41) is 0. The highest BCUT2D eigenvalue weighted by Gasteiger charge is 2.28. The highest BCUT2D eigenvalue weighted by atomic mass is 16.5. The Hall–Kier alpha value is -3.40. The first kappa shape index (κ1) is 18.0. The smallest absolute Gasteiger partial charge is 0.267 e. The molecule has 1 aliphatic heterocycles. The van der Waals surface area contributed by atoms with Crippen LogP contribution in [0.2, 0.25) is 0 Å². The predicted octanol–water partition coefficient (Wildman–Crippen LogP) is 4.27. The number of fused-ring (bicyclic) bond motifs is 1. The lowest BCUT2D eigenvalue weighted by Gasteiger charge is -2.22. The minimum absolute atomic E-state index is 0.0371. The molecule has 0 saturated carbocycles. The van der Waals surface area contributed by atoms with E-state index in [9.17, 15) is 9.59 Å². The Bertz CT molecular complexity index is 996. The van der Waals surface area contributed by atoms with Gasteiger partial charge < -0.3 is 9.64 Å². The summed E-state index contributed by atoms with van der Waals surface area (Å²) in [7, 11) is 0. The summed E-state index contributed by atoms with van der Waals surface area (Å²) < 4.78 is 5.84. The van der Waals surface area contributed by atoms with Gasteiger partial charge in [0, 0.05) is 23.4 Å². The third-order valence-corrected chi connectivity index (χ3v) is 4.97. The molecule has 3 aromatic carbocycles. The average Bonchev–Trinajstić information content (AvgIpc) is 3.18. The van der Waals surface area contributed by atoms with Crippen LogP contribution in [0.4, 0.5) is 5.69 Å². The molecule has 0 radical (unpaired) electrons. The maximum absolute atomic E-state index is 12.8. The van der Waals surface area contributed by atoms with Crippen molar-refractivity contribution in [1.29, 1.82) is 0 Å². The first-order chi connectivity index (χ1) is 13.6. The molecule has 1 heterocycles. The average molecular weight is 371 g/mol. The van der Waals surface area contributed by atoms with Crippen LogP contribution in [0.3, 0.4) is 0 Å². The number of para-hydroxylation sites is 1. The fraction of sp³-hybridized carbons (Fsp3) is 0.167. The van der Waals surface area contributed by atoms with Crippen LogP contribution in [-0.2, 0) is 11.2 Å². The quantitative estimate of drug-likeness (QED) is 0.629. The highest BCUT2D eigenvalue weighted by Crippen LogP contribution is 2.28. The van der Waals surface area contributed by atoms with Crippen molar-refractivity contribution in [3.63, 3.8) is 0 Å². The monoisotopic (exact) mass is 371 g/mol. The summed E-state index contributed by atoms with van der Waals surface area (Å²) in [4.78, 5) is 27.1. The summed E-state index contributed by atoms with van der Waals surface area (Å²) >= 11 is 0. The van der Waals surface area contributed by atoms with Gasteiger partial charge in [0.2, 0.25) is 0 Å². The van der Waals surface area contributed by atoms with Gasteiger partial charge in [0.05, 0.1) is 0 Å². The number of hydrogen-bond donors (Lipinski definition) is 0. The van der Waals surface area contributed by atoms with Crippen LogP contribution < -0.4 is 9.64 Å². The van der Waals surface area contributed by atoms with Crippen LogP contribution in [0.1, 0.15) is 28.4 Å². The lowest BCUT2D eigenvalue weighted by atomic mass is 10.0.